The van der Waals surface area contributed by atoms with Crippen LogP contribution in [0.2, 0.25) is 0 Å². The Hall–Kier alpha value is -19.9. The molecule has 0 radical (unpaired) electrons. The van der Waals surface area contributed by atoms with Gasteiger partial charge in [-0.2, -0.15) is 0 Å². The molecule has 0 fully saturated rings. The summed E-state index contributed by atoms with van der Waals surface area (Å²) < 4.78 is 14.6. The van der Waals surface area contributed by atoms with Crippen molar-refractivity contribution in [1.82, 2.24) is 27.4 Å². The molecule has 150 heavy (non-hydrogen) atoms. The van der Waals surface area contributed by atoms with E-state index in [0.29, 0.717) is 0 Å². The fraction of sp³-hybridized carbons (Fsp3) is 0. The molecule has 0 spiro atoms. The van der Waals surface area contributed by atoms with Gasteiger partial charge in [0.2, 0.25) is 0 Å². The summed E-state index contributed by atoms with van der Waals surface area (Å²) in [5.74, 6) is 0. The Balaban J connectivity index is 0.000000108. The molecule has 6 heteroatoms. The zero-order valence-electron chi connectivity index (χ0n) is 82.1. The van der Waals surface area contributed by atoms with E-state index in [9.17, 15) is 0 Å². The highest BCUT2D eigenvalue weighted by atomic mass is 15.0. The molecule has 0 unspecified atom stereocenters. The number of aromatic nitrogens is 6. The molecule has 24 aromatic carbocycles. The predicted molar refractivity (Wildman–Crippen MR) is 634 cm³/mol. The quantitative estimate of drug-likeness (QED) is 0.0979. The molecule has 0 amide bonds. The first-order chi connectivity index (χ1) is 74.4. The van der Waals surface area contributed by atoms with Gasteiger partial charge in [0.25, 0.3) is 0 Å². The lowest BCUT2D eigenvalue weighted by Crippen LogP contribution is -1.95. The standard InChI is InChI=1S/3C48H32N2/c1-4-14-33(15-5-1)36-30-37(34-16-6-2-7-17-34)32-38(31-36)35-24-26-40(27-25-35)49-45-23-13-11-21-43(45)47-46(49)29-28-42-41-20-10-12-22-44(41)50(48(42)47)39-18-8-3-9-19-39;1-4-14-33(15-5-1)36-30-37(34-16-6-2-7-17-34)32-38(31-36)35-24-26-40(27-25-35)50-44-22-12-10-20-41(44)42-28-29-46-47(48(42)50)43-21-11-13-23-45(43)49(46)39-18-8-3-9-19-39;1-4-14-33(15-5-1)36-30-37(34-16-6-2-7-17-34)32-38(31-36)35-24-26-40(27-25-35)50-44-23-13-11-21-42(44)48-46(50)29-28-45-47(48)41-20-10-12-22-43(41)49(45)39-18-8-3-9-19-39/h3*1-32H. The van der Waals surface area contributed by atoms with Crippen LogP contribution in [0.15, 0.2) is 582 Å². The SMILES string of the molecule is c1ccc(-c2cc(-c3ccccc3)cc(-c3ccc(-n4c5ccccc5c5c4ccc4c6ccccc6n(-c6ccccc6)c45)cc3)c2)cc1.c1ccc(-c2cc(-c3ccccc3)cc(-c3ccc(-n4c5ccccc5c5c6c7ccccc7n(-c7ccccc7)c6ccc54)cc3)c2)cc1.c1ccc(-c2cc(-c3ccccc3)cc(-c3ccc(-n4c5ccccc5c5ccc6c(c7ccccc7n6-c6ccccc6)c54)cc3)c2)cc1. The first-order valence-electron chi connectivity index (χ1n) is 51.6. The highest BCUT2D eigenvalue weighted by Crippen LogP contribution is 2.49. The maximum Gasteiger partial charge on any atom is 0.0641 e. The molecule has 0 atom stereocenters. The fourth-order valence-electron chi connectivity index (χ4n) is 23.5. The molecule has 0 aliphatic carbocycles. The van der Waals surface area contributed by atoms with Gasteiger partial charge < -0.3 is 27.4 Å². The number of para-hydroxylation sites is 9. The Labute approximate surface area is 868 Å². The number of benzene rings is 24. The number of hydrogen-bond donors (Lipinski definition) is 0. The molecule has 6 aromatic heterocycles. The van der Waals surface area contributed by atoms with Crippen molar-refractivity contribution in [1.29, 1.82) is 0 Å². The van der Waals surface area contributed by atoms with Gasteiger partial charge in [0.15, 0.2) is 0 Å². The number of fused-ring (bicyclic) bond motifs is 21. The van der Waals surface area contributed by atoms with Crippen LogP contribution in [0.5, 0.6) is 0 Å². The summed E-state index contributed by atoms with van der Waals surface area (Å²) in [6.07, 6.45) is 0. The molecule has 30 rings (SSSR count). The first kappa shape index (κ1) is 87.8. The third kappa shape index (κ3) is 15.4. The van der Waals surface area contributed by atoms with Crippen LogP contribution in [-0.4, -0.2) is 27.4 Å². The summed E-state index contributed by atoms with van der Waals surface area (Å²) in [5, 5.41) is 15.2. The highest BCUT2D eigenvalue weighted by Gasteiger charge is 2.27. The Kier molecular flexibility index (Phi) is 21.9. The second-order valence-corrected chi connectivity index (χ2v) is 38.9. The van der Waals surface area contributed by atoms with E-state index in [1.165, 1.54) is 242 Å². The van der Waals surface area contributed by atoms with Crippen LogP contribution in [0.4, 0.5) is 0 Å². The van der Waals surface area contributed by atoms with Crippen LogP contribution >= 0.6 is 0 Å². The maximum atomic E-state index is 2.47. The third-order valence-corrected chi connectivity index (χ3v) is 30.3. The summed E-state index contributed by atoms with van der Waals surface area (Å²) in [5.41, 5.74) is 43.3. The van der Waals surface area contributed by atoms with Crippen molar-refractivity contribution in [3.05, 3.63) is 582 Å². The first-order valence-corrected chi connectivity index (χ1v) is 51.6. The Morgan fingerprint density at radius 2 is 0.247 bits per heavy atom. The van der Waals surface area contributed by atoms with Crippen molar-refractivity contribution >= 4 is 131 Å². The molecular weight excluding hydrogens is 1810 g/mol. The monoisotopic (exact) mass is 1910 g/mol. The van der Waals surface area contributed by atoms with Gasteiger partial charge in [-0.15, -0.1) is 0 Å². The maximum absolute atomic E-state index is 2.47. The van der Waals surface area contributed by atoms with E-state index in [1.807, 2.05) is 0 Å². The van der Waals surface area contributed by atoms with Gasteiger partial charge in [0, 0.05) is 98.8 Å². The molecule has 6 heterocycles. The van der Waals surface area contributed by atoms with Gasteiger partial charge in [0.05, 0.1) is 66.2 Å². The van der Waals surface area contributed by atoms with Crippen molar-refractivity contribution in [2.24, 2.45) is 0 Å². The van der Waals surface area contributed by atoms with E-state index < -0.39 is 0 Å². The van der Waals surface area contributed by atoms with E-state index in [1.54, 1.807) is 0 Å². The smallest absolute Gasteiger partial charge is 0.0641 e. The number of rotatable bonds is 15. The molecule has 6 nitrogen and oxygen atoms in total. The van der Waals surface area contributed by atoms with Crippen molar-refractivity contribution in [2.45, 2.75) is 0 Å². The van der Waals surface area contributed by atoms with Crippen LogP contribution in [0.25, 0.3) is 265 Å². The number of nitrogens with zero attached hydrogens (tertiary/aromatic N) is 6. The lowest BCUT2D eigenvalue weighted by Gasteiger charge is -2.13. The Morgan fingerprint density at radius 3 is 0.487 bits per heavy atom. The third-order valence-electron chi connectivity index (χ3n) is 30.3. The van der Waals surface area contributed by atoms with Crippen LogP contribution in [0.3, 0.4) is 0 Å². The van der Waals surface area contributed by atoms with Crippen LogP contribution in [-0.2, 0) is 0 Å². The summed E-state index contributed by atoms with van der Waals surface area (Å²) in [7, 11) is 0. The van der Waals surface area contributed by atoms with Gasteiger partial charge >= 0.3 is 0 Å². The second kappa shape index (κ2) is 37.4. The van der Waals surface area contributed by atoms with Crippen LogP contribution < -0.4 is 0 Å². The second-order valence-electron chi connectivity index (χ2n) is 38.9. The summed E-state index contributed by atoms with van der Waals surface area (Å²) in [4.78, 5) is 0. The van der Waals surface area contributed by atoms with Gasteiger partial charge in [-0.25, -0.2) is 0 Å². The normalized spacial score (nSPS) is 11.6. The van der Waals surface area contributed by atoms with Crippen LogP contribution in [0, 0.1) is 0 Å². The molecule has 0 aliphatic heterocycles. The molecule has 0 N–H and O–H groups in total. The van der Waals surface area contributed by atoms with E-state index >= 15 is 0 Å². The molecule has 0 saturated carbocycles. The zero-order chi connectivity index (χ0) is 99.1. The molecule has 0 bridgehead atoms. The van der Waals surface area contributed by atoms with Crippen molar-refractivity contribution in [3.8, 4) is 134 Å². The van der Waals surface area contributed by atoms with E-state index in [-0.39, 0.29) is 0 Å². The molecule has 702 valence electrons. The van der Waals surface area contributed by atoms with Gasteiger partial charge in [-0.05, 0) is 288 Å². The lowest BCUT2D eigenvalue weighted by molar-refractivity contribution is 1.17. The topological polar surface area (TPSA) is 29.6 Å². The predicted octanol–water partition coefficient (Wildman–Crippen LogP) is 38.6. The average molecular weight is 1910 g/mol. The summed E-state index contributed by atoms with van der Waals surface area (Å²) in [6.45, 7) is 0. The minimum Gasteiger partial charge on any atom is -0.309 e. The highest BCUT2D eigenvalue weighted by molar-refractivity contribution is 6.31. The molecule has 0 aliphatic rings. The van der Waals surface area contributed by atoms with Crippen molar-refractivity contribution in [2.75, 3.05) is 0 Å². The Bertz CT molecular complexity index is 10200. The Morgan fingerprint density at radius 1 is 0.0867 bits per heavy atom. The van der Waals surface area contributed by atoms with E-state index in [2.05, 4.69) is 610 Å². The fourth-order valence-corrected chi connectivity index (χ4v) is 23.5. The summed E-state index contributed by atoms with van der Waals surface area (Å²) >= 11 is 0. The van der Waals surface area contributed by atoms with Crippen molar-refractivity contribution in [3.63, 3.8) is 0 Å². The van der Waals surface area contributed by atoms with Gasteiger partial charge in [0.1, 0.15) is 0 Å². The zero-order valence-corrected chi connectivity index (χ0v) is 82.1. The molecule has 30 aromatic rings. The minimum absolute atomic E-state index is 1.14. The largest absolute Gasteiger partial charge is 0.309 e. The molecular formula is C144H96N6. The van der Waals surface area contributed by atoms with Crippen LogP contribution in [0.1, 0.15) is 0 Å². The van der Waals surface area contributed by atoms with Gasteiger partial charge in [-0.1, -0.05) is 394 Å². The van der Waals surface area contributed by atoms with E-state index in [0.717, 1.165) is 22.7 Å². The number of hydrogen-bond acceptors (Lipinski definition) is 0. The molecule has 0 saturated heterocycles. The van der Waals surface area contributed by atoms with Gasteiger partial charge in [-0.3, -0.25) is 0 Å². The van der Waals surface area contributed by atoms with E-state index in [4.69, 9.17) is 0 Å². The summed E-state index contributed by atoms with van der Waals surface area (Å²) in [6, 6.07) is 211. The minimum atomic E-state index is 1.14. The average Bonchev–Trinajstić information content (AvgIpc) is 1.55. The van der Waals surface area contributed by atoms with Crippen molar-refractivity contribution < 1.29 is 0 Å². The lowest BCUT2D eigenvalue weighted by atomic mass is 9.93.